The molecule has 0 saturated carbocycles. The second-order valence-corrected chi connectivity index (χ2v) is 15.3. The Bertz CT molecular complexity index is 1820. The van der Waals surface area contributed by atoms with Gasteiger partial charge in [-0.15, -0.1) is 6.58 Å². The van der Waals surface area contributed by atoms with E-state index in [0.29, 0.717) is 11.1 Å². The van der Waals surface area contributed by atoms with Crippen molar-refractivity contribution >= 4 is 23.7 Å². The molecule has 0 aromatic heterocycles. The van der Waals surface area contributed by atoms with E-state index in [4.69, 9.17) is 4.74 Å². The lowest BCUT2D eigenvalue weighted by molar-refractivity contribution is -0.148. The van der Waals surface area contributed by atoms with Crippen LogP contribution in [0, 0.1) is 5.41 Å². The zero-order valence-electron chi connectivity index (χ0n) is 31.9. The smallest absolute Gasteiger partial charge is 0.416 e. The third kappa shape index (κ3) is 10.3. The van der Waals surface area contributed by atoms with Crippen LogP contribution in [0.4, 0.5) is 18.0 Å². The van der Waals surface area contributed by atoms with E-state index in [1.807, 2.05) is 69.3 Å². The van der Waals surface area contributed by atoms with E-state index in [0.717, 1.165) is 34.4 Å². The van der Waals surface area contributed by atoms with Gasteiger partial charge in [0.25, 0.3) is 0 Å². The number of hydrogen-bond acceptors (Lipinski definition) is 5. The number of ketones is 1. The van der Waals surface area contributed by atoms with Gasteiger partial charge in [-0.25, -0.2) is 4.79 Å². The number of fused-ring (bicyclic) bond motifs is 3. The minimum absolute atomic E-state index is 0.00726. The quantitative estimate of drug-likeness (QED) is 0.146. The highest BCUT2D eigenvalue weighted by Crippen LogP contribution is 2.44. The molecule has 0 spiro atoms. The number of alkyl halides is 3. The van der Waals surface area contributed by atoms with Gasteiger partial charge in [0.15, 0.2) is 5.78 Å². The number of ether oxygens (including phenoxy) is 1. The van der Waals surface area contributed by atoms with Gasteiger partial charge in [-0.1, -0.05) is 99.7 Å². The average molecular weight is 746 g/mol. The van der Waals surface area contributed by atoms with Crippen molar-refractivity contribution in [2.75, 3.05) is 33.8 Å². The fourth-order valence-electron chi connectivity index (χ4n) is 6.86. The number of Topliss-reactive ketones (excluding diaryl/α,β-unsaturated/α-hetero) is 1. The Hall–Kier alpha value is -5.19. The molecule has 3 aromatic carbocycles. The molecule has 11 heteroatoms. The maximum absolute atomic E-state index is 14.7. The summed E-state index contributed by atoms with van der Waals surface area (Å²) in [4.78, 5) is 59.3. The Labute approximate surface area is 316 Å². The van der Waals surface area contributed by atoms with Gasteiger partial charge in [-0.05, 0) is 58.7 Å². The summed E-state index contributed by atoms with van der Waals surface area (Å²) in [6, 6.07) is 17.8. The Morgan fingerprint density at radius 2 is 1.39 bits per heavy atom. The normalized spacial score (nSPS) is 13.6. The average Bonchev–Trinajstić information content (AvgIpc) is 3.42. The molecule has 1 aliphatic carbocycles. The van der Waals surface area contributed by atoms with Crippen LogP contribution in [0.1, 0.15) is 68.7 Å². The largest absolute Gasteiger partial charge is 0.448 e. The number of carbonyl (C=O) groups excluding carboxylic acids is 4. The van der Waals surface area contributed by atoms with Crippen LogP contribution in [0.2, 0.25) is 0 Å². The first-order chi connectivity index (χ1) is 25.3. The molecule has 54 heavy (non-hydrogen) atoms. The Balaban J connectivity index is 1.64. The minimum Gasteiger partial charge on any atom is -0.448 e. The standard InChI is InChI=1S/C43H50F3N3O5/c1-9-14-37(48(8)41(53)54-27-36-34-17-12-10-15-32(34)33-16-11-13-18-35(33)36)40(52)49(25-28(2)3)38(23-29-19-21-30(22-20-29)43(44,45)46)39(51)47(7)26-31(50)24-42(4,5)6/h9-13,15-22,36-38H,1-2,14,23-27H2,3-8H3/t37-,38-/m0/s1. The maximum Gasteiger partial charge on any atom is 0.416 e. The SMILES string of the molecule is C=CC[C@@H](C(=O)N(CC(=C)C)[C@@H](Cc1ccc(C(F)(F)F)cc1)C(=O)N(C)CC(=O)CC(C)(C)C)N(C)C(=O)OCC1c2ccccc2-c2ccccc21. The Morgan fingerprint density at radius 3 is 1.89 bits per heavy atom. The second kappa shape index (κ2) is 17.3. The molecule has 0 aliphatic heterocycles. The van der Waals surface area contributed by atoms with Crippen molar-refractivity contribution in [3.63, 3.8) is 0 Å². The summed E-state index contributed by atoms with van der Waals surface area (Å²) in [6.45, 7) is 14.8. The fraction of sp³-hybridized carbons (Fsp3) is 0.395. The van der Waals surface area contributed by atoms with E-state index in [1.165, 1.54) is 47.0 Å². The highest BCUT2D eigenvalue weighted by molar-refractivity contribution is 5.93. The molecule has 3 amide bonds. The number of rotatable bonds is 15. The van der Waals surface area contributed by atoms with Gasteiger partial charge in [0.1, 0.15) is 18.7 Å². The van der Waals surface area contributed by atoms with Crippen molar-refractivity contribution in [1.29, 1.82) is 0 Å². The molecule has 1 aliphatic rings. The summed E-state index contributed by atoms with van der Waals surface area (Å²) >= 11 is 0. The van der Waals surface area contributed by atoms with Gasteiger partial charge in [-0.3, -0.25) is 19.3 Å². The molecule has 0 unspecified atom stereocenters. The molecule has 2 atom stereocenters. The minimum atomic E-state index is -4.56. The zero-order valence-corrected chi connectivity index (χ0v) is 31.9. The summed E-state index contributed by atoms with van der Waals surface area (Å²) in [7, 11) is 2.89. The molecule has 0 fully saturated rings. The number of nitrogens with zero attached hydrogens (tertiary/aromatic N) is 3. The molecule has 0 heterocycles. The van der Waals surface area contributed by atoms with Crippen molar-refractivity contribution in [3.8, 4) is 11.1 Å². The topological polar surface area (TPSA) is 87.2 Å². The lowest BCUT2D eigenvalue weighted by atomic mass is 9.90. The van der Waals surface area contributed by atoms with Crippen LogP contribution >= 0.6 is 0 Å². The van der Waals surface area contributed by atoms with E-state index in [9.17, 15) is 32.3 Å². The zero-order chi connectivity index (χ0) is 40.0. The Kier molecular flexibility index (Phi) is 13.3. The van der Waals surface area contributed by atoms with Crippen molar-refractivity contribution in [1.82, 2.24) is 14.7 Å². The summed E-state index contributed by atoms with van der Waals surface area (Å²) in [5.74, 6) is -1.61. The first-order valence-corrected chi connectivity index (χ1v) is 17.9. The van der Waals surface area contributed by atoms with E-state index < -0.39 is 41.7 Å². The molecule has 3 aromatic rings. The number of carbonyl (C=O) groups is 4. The highest BCUT2D eigenvalue weighted by atomic mass is 19.4. The predicted octanol–water partition coefficient (Wildman–Crippen LogP) is 8.31. The summed E-state index contributed by atoms with van der Waals surface area (Å²) in [5, 5.41) is 0. The number of hydrogen-bond donors (Lipinski definition) is 0. The van der Waals surface area contributed by atoms with Gasteiger partial charge >= 0.3 is 12.3 Å². The van der Waals surface area contributed by atoms with E-state index >= 15 is 0 Å². The number of benzene rings is 3. The first-order valence-electron chi connectivity index (χ1n) is 17.9. The molecular weight excluding hydrogens is 695 g/mol. The first kappa shape index (κ1) is 41.6. The van der Waals surface area contributed by atoms with Crippen LogP contribution in [0.15, 0.2) is 97.6 Å². The predicted molar refractivity (Wildman–Crippen MR) is 204 cm³/mol. The van der Waals surface area contributed by atoms with Crippen molar-refractivity contribution in [2.45, 2.75) is 71.1 Å². The van der Waals surface area contributed by atoms with Crippen LogP contribution in [-0.2, 0) is 31.7 Å². The van der Waals surface area contributed by atoms with Crippen LogP contribution < -0.4 is 0 Å². The van der Waals surface area contributed by atoms with E-state index in [2.05, 4.69) is 13.2 Å². The summed E-state index contributed by atoms with van der Waals surface area (Å²) in [6.07, 6.45) is -3.79. The van der Waals surface area contributed by atoms with Gasteiger partial charge < -0.3 is 14.5 Å². The fourth-order valence-corrected chi connectivity index (χ4v) is 6.86. The third-order valence-corrected chi connectivity index (χ3v) is 9.38. The second-order valence-electron chi connectivity index (χ2n) is 15.3. The van der Waals surface area contributed by atoms with Crippen LogP contribution in [0.5, 0.6) is 0 Å². The molecular formula is C43H50F3N3O5. The van der Waals surface area contributed by atoms with Crippen LogP contribution in [0.3, 0.4) is 0 Å². The Morgan fingerprint density at radius 1 is 0.833 bits per heavy atom. The summed E-state index contributed by atoms with van der Waals surface area (Å²) < 4.78 is 46.1. The van der Waals surface area contributed by atoms with Crippen molar-refractivity contribution < 1.29 is 37.1 Å². The number of likely N-dealkylation sites (N-methyl/N-ethyl adjacent to an activating group) is 2. The van der Waals surface area contributed by atoms with Gasteiger partial charge in [0.05, 0.1) is 12.1 Å². The van der Waals surface area contributed by atoms with Gasteiger partial charge in [-0.2, -0.15) is 13.2 Å². The van der Waals surface area contributed by atoms with Crippen LogP contribution in [-0.4, -0.2) is 84.3 Å². The molecule has 8 nitrogen and oxygen atoms in total. The molecule has 288 valence electrons. The van der Waals surface area contributed by atoms with Gasteiger partial charge in [0, 0.05) is 39.4 Å². The molecule has 0 radical (unpaired) electrons. The van der Waals surface area contributed by atoms with Crippen molar-refractivity contribution in [2.24, 2.45) is 5.41 Å². The number of halogens is 3. The monoisotopic (exact) mass is 745 g/mol. The third-order valence-electron chi connectivity index (χ3n) is 9.38. The maximum atomic E-state index is 14.7. The van der Waals surface area contributed by atoms with E-state index in [-0.39, 0.29) is 56.1 Å². The molecule has 4 rings (SSSR count). The molecule has 0 saturated heterocycles. The highest BCUT2D eigenvalue weighted by Gasteiger charge is 2.39. The van der Waals surface area contributed by atoms with Gasteiger partial charge in [0.2, 0.25) is 11.8 Å². The van der Waals surface area contributed by atoms with Crippen molar-refractivity contribution in [3.05, 3.63) is 120 Å². The van der Waals surface area contributed by atoms with Crippen LogP contribution in [0.25, 0.3) is 11.1 Å². The lowest BCUT2D eigenvalue weighted by Gasteiger charge is -2.38. The number of amides is 3. The molecule has 0 bridgehead atoms. The summed E-state index contributed by atoms with van der Waals surface area (Å²) in [5.41, 5.74) is 3.86. The lowest BCUT2D eigenvalue weighted by Crippen LogP contribution is -2.57. The van der Waals surface area contributed by atoms with E-state index in [1.54, 1.807) is 6.92 Å². The molecule has 0 N–H and O–H groups in total.